The second-order valence-electron chi connectivity index (χ2n) is 2.78. The van der Waals surface area contributed by atoms with Crippen LogP contribution in [0.5, 0.6) is 5.75 Å². The number of phenols is 1. The summed E-state index contributed by atoms with van der Waals surface area (Å²) in [4.78, 5) is 0. The maximum Gasteiger partial charge on any atom is 0.116 e. The molecule has 0 aliphatic carbocycles. The zero-order valence-corrected chi connectivity index (χ0v) is 7.46. The molecule has 2 heteroatoms. The van der Waals surface area contributed by atoms with E-state index >= 15 is 0 Å². The van der Waals surface area contributed by atoms with Crippen LogP contribution in [0.1, 0.15) is 18.6 Å². The van der Waals surface area contributed by atoms with Gasteiger partial charge in [0.1, 0.15) is 5.75 Å². The summed E-state index contributed by atoms with van der Waals surface area (Å²) in [5, 5.41) is 9.26. The largest absolute Gasteiger partial charge is 0.508 e. The lowest BCUT2D eigenvalue weighted by molar-refractivity contribution is 0.475. The Morgan fingerprint density at radius 1 is 1.50 bits per heavy atom. The molecule has 1 aromatic carbocycles. The van der Waals surface area contributed by atoms with E-state index in [0.717, 1.165) is 16.7 Å². The highest BCUT2D eigenvalue weighted by Crippen LogP contribution is 2.22. The summed E-state index contributed by atoms with van der Waals surface area (Å²) in [6, 6.07) is 5.05. The van der Waals surface area contributed by atoms with Crippen LogP contribution in [0.25, 0.3) is 11.6 Å². The molecule has 0 unspecified atom stereocenters. The van der Waals surface area contributed by atoms with Gasteiger partial charge in [-0.3, -0.25) is 0 Å². The van der Waals surface area contributed by atoms with Gasteiger partial charge >= 0.3 is 0 Å². The van der Waals surface area contributed by atoms with Crippen molar-refractivity contribution < 1.29 is 5.11 Å². The molecule has 3 N–H and O–H groups in total. The van der Waals surface area contributed by atoms with Crippen molar-refractivity contribution in [3.8, 4) is 5.75 Å². The zero-order valence-electron chi connectivity index (χ0n) is 7.46. The summed E-state index contributed by atoms with van der Waals surface area (Å²) in [7, 11) is 0. The molecule has 0 atom stereocenters. The van der Waals surface area contributed by atoms with Gasteiger partial charge in [0.15, 0.2) is 0 Å². The molecule has 0 aromatic heterocycles. The van der Waals surface area contributed by atoms with Gasteiger partial charge in [0.05, 0.1) is 0 Å². The fraction of sp³-hybridized carbons (Fsp3) is 0.167. The van der Waals surface area contributed by atoms with Crippen molar-refractivity contribution in [2.75, 3.05) is 6.54 Å². The fourth-order valence-corrected chi connectivity index (χ4v) is 1.14. The van der Waals surface area contributed by atoms with Gasteiger partial charge in [-0.1, -0.05) is 32.7 Å². The fourth-order valence-electron chi connectivity index (χ4n) is 1.14. The Morgan fingerprint density at radius 2 is 2.14 bits per heavy atom. The molecule has 0 aliphatic rings. The number of benzene rings is 1. The van der Waals surface area contributed by atoms with Crippen molar-refractivity contribution in [2.45, 2.75) is 7.43 Å². The van der Waals surface area contributed by atoms with Crippen LogP contribution in [0, 0.1) is 0 Å². The van der Waals surface area contributed by atoms with Crippen molar-refractivity contribution in [3.05, 3.63) is 42.5 Å². The lowest BCUT2D eigenvalue weighted by Gasteiger charge is -2.07. The van der Waals surface area contributed by atoms with Crippen LogP contribution in [0.15, 0.2) is 31.4 Å². The standard InChI is InChI=1S/C11H13NO.CH4/c1-3-9-4-5-10(13)6-11(9)8(2)7-12;/h3-6,13H,1-2,7,12H2;1H4. The van der Waals surface area contributed by atoms with Crippen LogP contribution in [-0.4, -0.2) is 11.7 Å². The minimum atomic E-state index is 0. The van der Waals surface area contributed by atoms with Crippen LogP contribution in [-0.2, 0) is 0 Å². The van der Waals surface area contributed by atoms with Gasteiger partial charge in [-0.05, 0) is 28.8 Å². The normalized spacial score (nSPS) is 8.93. The molecule has 14 heavy (non-hydrogen) atoms. The Morgan fingerprint density at radius 3 is 2.64 bits per heavy atom. The Labute approximate surface area is 85.4 Å². The predicted octanol–water partition coefficient (Wildman–Crippen LogP) is 2.64. The van der Waals surface area contributed by atoms with Crippen molar-refractivity contribution in [1.82, 2.24) is 0 Å². The first-order chi connectivity index (χ1) is 6.19. The second kappa shape index (κ2) is 5.25. The van der Waals surface area contributed by atoms with Crippen LogP contribution < -0.4 is 5.73 Å². The Kier molecular flexibility index (Phi) is 4.67. The van der Waals surface area contributed by atoms with E-state index in [4.69, 9.17) is 5.73 Å². The summed E-state index contributed by atoms with van der Waals surface area (Å²) < 4.78 is 0. The maximum atomic E-state index is 9.26. The number of aromatic hydroxyl groups is 1. The van der Waals surface area contributed by atoms with Gasteiger partial charge in [0, 0.05) is 6.54 Å². The lowest BCUT2D eigenvalue weighted by atomic mass is 10.0. The quantitative estimate of drug-likeness (QED) is 0.771. The molecule has 0 heterocycles. The van der Waals surface area contributed by atoms with Crippen molar-refractivity contribution in [2.24, 2.45) is 5.73 Å². The molecule has 0 fully saturated rings. The van der Waals surface area contributed by atoms with Gasteiger partial charge in [0.25, 0.3) is 0 Å². The van der Waals surface area contributed by atoms with Gasteiger partial charge < -0.3 is 10.8 Å². The third kappa shape index (κ3) is 2.47. The Hall–Kier alpha value is -1.54. The molecule has 0 saturated carbocycles. The monoisotopic (exact) mass is 191 g/mol. The first-order valence-electron chi connectivity index (χ1n) is 4.02. The topological polar surface area (TPSA) is 46.2 Å². The van der Waals surface area contributed by atoms with Crippen LogP contribution in [0.2, 0.25) is 0 Å². The van der Waals surface area contributed by atoms with E-state index in [9.17, 15) is 5.11 Å². The third-order valence-corrected chi connectivity index (χ3v) is 1.88. The smallest absolute Gasteiger partial charge is 0.116 e. The average Bonchev–Trinajstić information content (AvgIpc) is 2.16. The van der Waals surface area contributed by atoms with E-state index in [1.807, 2.05) is 0 Å². The average molecular weight is 191 g/mol. The molecule has 1 aromatic rings. The van der Waals surface area contributed by atoms with E-state index in [0.29, 0.717) is 6.54 Å². The number of hydrogen-bond acceptors (Lipinski definition) is 2. The van der Waals surface area contributed by atoms with Gasteiger partial charge in [-0.25, -0.2) is 0 Å². The highest BCUT2D eigenvalue weighted by Gasteiger charge is 2.03. The molecule has 0 amide bonds. The van der Waals surface area contributed by atoms with E-state index in [-0.39, 0.29) is 13.2 Å². The lowest BCUT2D eigenvalue weighted by Crippen LogP contribution is -2.02. The SMILES string of the molecule is C.C=Cc1ccc(O)cc1C(=C)CN. The number of phenolic OH excluding ortho intramolecular Hbond substituents is 1. The minimum absolute atomic E-state index is 0. The summed E-state index contributed by atoms with van der Waals surface area (Å²) in [6.07, 6.45) is 1.72. The molecule has 0 radical (unpaired) electrons. The van der Waals surface area contributed by atoms with Crippen LogP contribution in [0.4, 0.5) is 0 Å². The number of nitrogens with two attached hydrogens (primary N) is 1. The summed E-state index contributed by atoms with van der Waals surface area (Å²) in [6.45, 7) is 7.86. The molecule has 0 saturated heterocycles. The summed E-state index contributed by atoms with van der Waals surface area (Å²) >= 11 is 0. The first-order valence-corrected chi connectivity index (χ1v) is 4.02. The Balaban J connectivity index is 0.00000169. The molecular weight excluding hydrogens is 174 g/mol. The molecule has 1 rings (SSSR count). The minimum Gasteiger partial charge on any atom is -0.508 e. The molecule has 0 bridgehead atoms. The van der Waals surface area contributed by atoms with Crippen LogP contribution in [0.3, 0.4) is 0 Å². The number of rotatable bonds is 3. The van der Waals surface area contributed by atoms with E-state index in [1.165, 1.54) is 0 Å². The highest BCUT2D eigenvalue weighted by atomic mass is 16.3. The summed E-state index contributed by atoms with van der Waals surface area (Å²) in [5.41, 5.74) is 8.06. The molecule has 0 aliphatic heterocycles. The zero-order chi connectivity index (χ0) is 9.84. The Bertz CT molecular complexity index is 342. The first kappa shape index (κ1) is 12.5. The third-order valence-electron chi connectivity index (χ3n) is 1.88. The van der Waals surface area contributed by atoms with Crippen molar-refractivity contribution in [1.29, 1.82) is 0 Å². The van der Waals surface area contributed by atoms with Gasteiger partial charge in [0.2, 0.25) is 0 Å². The van der Waals surface area contributed by atoms with Gasteiger partial charge in [-0.2, -0.15) is 0 Å². The second-order valence-corrected chi connectivity index (χ2v) is 2.78. The maximum absolute atomic E-state index is 9.26. The molecule has 76 valence electrons. The van der Waals surface area contributed by atoms with E-state index in [1.54, 1.807) is 24.3 Å². The van der Waals surface area contributed by atoms with Crippen molar-refractivity contribution in [3.63, 3.8) is 0 Å². The number of hydrogen-bond donors (Lipinski definition) is 2. The van der Waals surface area contributed by atoms with Gasteiger partial charge in [-0.15, -0.1) is 0 Å². The van der Waals surface area contributed by atoms with E-state index in [2.05, 4.69) is 13.2 Å². The van der Waals surface area contributed by atoms with Crippen molar-refractivity contribution >= 4 is 11.6 Å². The molecular formula is C12H17NO. The highest BCUT2D eigenvalue weighted by molar-refractivity contribution is 5.74. The van der Waals surface area contributed by atoms with Crippen LogP contribution >= 0.6 is 0 Å². The predicted molar refractivity (Wildman–Crippen MR) is 63.0 cm³/mol. The molecule has 0 spiro atoms. The van der Waals surface area contributed by atoms with E-state index < -0.39 is 0 Å². The summed E-state index contributed by atoms with van der Waals surface area (Å²) in [5.74, 6) is 0.218. The molecule has 2 nitrogen and oxygen atoms in total.